The first kappa shape index (κ1) is 18.7. The van der Waals surface area contributed by atoms with Gasteiger partial charge in [0.2, 0.25) is 0 Å². The maximum Gasteiger partial charge on any atom is 0.416 e. The van der Waals surface area contributed by atoms with Gasteiger partial charge in [-0.25, -0.2) is 0 Å². The summed E-state index contributed by atoms with van der Waals surface area (Å²) in [7, 11) is 0. The third kappa shape index (κ3) is 4.47. The summed E-state index contributed by atoms with van der Waals surface area (Å²) in [6.07, 6.45) is -4.39. The fourth-order valence-corrected chi connectivity index (χ4v) is 3.63. The van der Waals surface area contributed by atoms with Crippen LogP contribution in [0.25, 0.3) is 0 Å². The van der Waals surface area contributed by atoms with E-state index in [4.69, 9.17) is 0 Å². The summed E-state index contributed by atoms with van der Waals surface area (Å²) in [5.41, 5.74) is -0.649. The lowest BCUT2D eigenvalue weighted by Crippen LogP contribution is -2.49. The number of benzene rings is 1. The van der Waals surface area contributed by atoms with Crippen LogP contribution in [0.2, 0.25) is 0 Å². The first-order valence-corrected chi connectivity index (χ1v) is 8.38. The lowest BCUT2D eigenvalue weighted by Gasteiger charge is -2.43. The van der Waals surface area contributed by atoms with Crippen LogP contribution in [0.4, 0.5) is 13.2 Å². The highest BCUT2D eigenvalue weighted by Crippen LogP contribution is 2.41. The van der Waals surface area contributed by atoms with Crippen molar-refractivity contribution in [2.24, 2.45) is 5.41 Å². The molecule has 1 aliphatic rings. The van der Waals surface area contributed by atoms with E-state index in [2.05, 4.69) is 26.1 Å². The van der Waals surface area contributed by atoms with Crippen molar-refractivity contribution in [3.05, 3.63) is 33.8 Å². The Labute approximate surface area is 143 Å². The molecule has 2 N–H and O–H groups in total. The van der Waals surface area contributed by atoms with Gasteiger partial charge in [-0.2, -0.15) is 13.2 Å². The molecule has 0 aliphatic carbocycles. The number of halogens is 4. The summed E-state index contributed by atoms with van der Waals surface area (Å²) >= 11 is 3.19. The molecular weight excluding hydrogens is 373 g/mol. The number of piperazine rings is 1. The van der Waals surface area contributed by atoms with Crippen LogP contribution < -0.4 is 5.32 Å². The molecule has 0 radical (unpaired) electrons. The van der Waals surface area contributed by atoms with Crippen LogP contribution in [0.15, 0.2) is 22.7 Å². The van der Waals surface area contributed by atoms with Crippen molar-refractivity contribution in [3.63, 3.8) is 0 Å². The average Bonchev–Trinajstić information content (AvgIpc) is 2.47. The lowest BCUT2D eigenvalue weighted by atomic mass is 9.79. The number of aliphatic hydroxyl groups excluding tert-OH is 1. The molecule has 1 saturated heterocycles. The Morgan fingerprint density at radius 3 is 2.35 bits per heavy atom. The van der Waals surface area contributed by atoms with E-state index < -0.39 is 17.2 Å². The van der Waals surface area contributed by atoms with E-state index in [1.54, 1.807) is 6.07 Å². The summed E-state index contributed by atoms with van der Waals surface area (Å²) in [5, 5.41) is 13.0. The van der Waals surface area contributed by atoms with E-state index in [1.807, 2.05) is 13.8 Å². The molecule has 0 spiro atoms. The zero-order valence-corrected chi connectivity index (χ0v) is 14.8. The second-order valence-corrected chi connectivity index (χ2v) is 7.52. The quantitative estimate of drug-likeness (QED) is 0.820. The predicted octanol–water partition coefficient (Wildman–Crippen LogP) is 3.43. The summed E-state index contributed by atoms with van der Waals surface area (Å²) in [6, 6.07) is 3.73. The second-order valence-electron chi connectivity index (χ2n) is 6.61. The van der Waals surface area contributed by atoms with Crippen LogP contribution in [-0.4, -0.2) is 42.8 Å². The van der Waals surface area contributed by atoms with Gasteiger partial charge in [0.1, 0.15) is 0 Å². The molecule has 0 unspecified atom stereocenters. The second kappa shape index (κ2) is 7.09. The zero-order valence-electron chi connectivity index (χ0n) is 13.3. The molecule has 0 bridgehead atoms. The van der Waals surface area contributed by atoms with Crippen molar-refractivity contribution >= 4 is 15.9 Å². The fourth-order valence-electron chi connectivity index (χ4n) is 3.12. The highest BCUT2D eigenvalue weighted by Gasteiger charge is 2.38. The highest BCUT2D eigenvalue weighted by atomic mass is 79.9. The molecule has 2 rings (SSSR count). The average molecular weight is 395 g/mol. The fraction of sp³-hybridized carbons (Fsp3) is 0.625. The van der Waals surface area contributed by atoms with E-state index in [9.17, 15) is 18.3 Å². The topological polar surface area (TPSA) is 35.5 Å². The summed E-state index contributed by atoms with van der Waals surface area (Å²) < 4.78 is 39.8. The highest BCUT2D eigenvalue weighted by molar-refractivity contribution is 9.10. The SMILES string of the molecule is CC(C)(CO)[C@H](c1cc(Br)cc(C(F)(F)F)c1)N1CCNCC1. The monoisotopic (exact) mass is 394 g/mol. The Morgan fingerprint density at radius 1 is 1.22 bits per heavy atom. The molecule has 23 heavy (non-hydrogen) atoms. The van der Waals surface area contributed by atoms with Crippen LogP contribution in [0.3, 0.4) is 0 Å². The summed E-state index contributed by atoms with van der Waals surface area (Å²) in [4.78, 5) is 2.15. The molecule has 1 aliphatic heterocycles. The van der Waals surface area contributed by atoms with Gasteiger partial charge in [-0.05, 0) is 23.8 Å². The maximum atomic E-state index is 13.1. The molecule has 0 aromatic heterocycles. The third-order valence-corrected chi connectivity index (χ3v) is 4.69. The number of rotatable bonds is 4. The standard InChI is InChI=1S/C16H22BrF3N2O/c1-15(2,10-23)14(22-5-3-21-4-6-22)11-7-12(16(18,19)20)9-13(17)8-11/h7-9,14,21,23H,3-6,10H2,1-2H3/t14-/m0/s1. The first-order valence-electron chi connectivity index (χ1n) is 7.58. The van der Waals surface area contributed by atoms with Crippen LogP contribution in [0.1, 0.15) is 31.0 Å². The molecule has 1 atom stereocenters. The molecule has 1 aromatic carbocycles. The van der Waals surface area contributed by atoms with Gasteiger partial charge in [0.25, 0.3) is 0 Å². The van der Waals surface area contributed by atoms with Crippen LogP contribution in [0, 0.1) is 5.41 Å². The van der Waals surface area contributed by atoms with Gasteiger partial charge < -0.3 is 10.4 Å². The van der Waals surface area contributed by atoms with Crippen LogP contribution >= 0.6 is 15.9 Å². The Hall–Kier alpha value is -0.630. The van der Waals surface area contributed by atoms with E-state index in [0.717, 1.165) is 32.2 Å². The number of nitrogens with zero attached hydrogens (tertiary/aromatic N) is 1. The van der Waals surface area contributed by atoms with Crippen molar-refractivity contribution in [2.45, 2.75) is 26.1 Å². The number of alkyl halides is 3. The predicted molar refractivity (Wildman–Crippen MR) is 87.2 cm³/mol. The Balaban J connectivity index is 2.48. The largest absolute Gasteiger partial charge is 0.416 e. The molecule has 1 aromatic rings. The zero-order chi connectivity index (χ0) is 17.3. The van der Waals surface area contributed by atoms with Gasteiger partial charge >= 0.3 is 6.18 Å². The minimum absolute atomic E-state index is 0.102. The molecule has 0 amide bonds. The van der Waals surface area contributed by atoms with Gasteiger partial charge in [-0.1, -0.05) is 29.8 Å². The van der Waals surface area contributed by atoms with Crippen molar-refractivity contribution in [3.8, 4) is 0 Å². The Bertz CT molecular complexity index is 543. The van der Waals surface area contributed by atoms with Crippen molar-refractivity contribution in [2.75, 3.05) is 32.8 Å². The number of hydrogen-bond acceptors (Lipinski definition) is 3. The molecule has 1 fully saturated rings. The van der Waals surface area contributed by atoms with Crippen molar-refractivity contribution in [1.82, 2.24) is 10.2 Å². The van der Waals surface area contributed by atoms with Crippen LogP contribution in [0.5, 0.6) is 0 Å². The molecule has 0 saturated carbocycles. The number of nitrogens with one attached hydrogen (secondary N) is 1. The number of aliphatic hydroxyl groups is 1. The van der Waals surface area contributed by atoms with E-state index >= 15 is 0 Å². The molecular formula is C16H22BrF3N2O. The third-order valence-electron chi connectivity index (χ3n) is 4.23. The molecule has 3 nitrogen and oxygen atoms in total. The van der Waals surface area contributed by atoms with E-state index in [-0.39, 0.29) is 12.6 Å². The molecule has 7 heteroatoms. The van der Waals surface area contributed by atoms with Crippen LogP contribution in [-0.2, 0) is 6.18 Å². The summed E-state index contributed by atoms with van der Waals surface area (Å²) in [6.45, 7) is 6.72. The molecule has 130 valence electrons. The minimum atomic E-state index is -4.39. The van der Waals surface area contributed by atoms with Crippen molar-refractivity contribution < 1.29 is 18.3 Å². The van der Waals surface area contributed by atoms with E-state index in [0.29, 0.717) is 10.0 Å². The lowest BCUT2D eigenvalue weighted by molar-refractivity contribution is -0.137. The van der Waals surface area contributed by atoms with Gasteiger partial charge in [0.15, 0.2) is 0 Å². The smallest absolute Gasteiger partial charge is 0.396 e. The van der Waals surface area contributed by atoms with Gasteiger partial charge in [-0.15, -0.1) is 0 Å². The first-order chi connectivity index (χ1) is 10.6. The van der Waals surface area contributed by atoms with E-state index in [1.165, 1.54) is 6.07 Å². The molecule has 1 heterocycles. The van der Waals surface area contributed by atoms with Gasteiger partial charge in [0, 0.05) is 48.7 Å². The number of hydrogen-bond donors (Lipinski definition) is 2. The summed E-state index contributed by atoms with van der Waals surface area (Å²) in [5.74, 6) is 0. The van der Waals surface area contributed by atoms with Crippen molar-refractivity contribution in [1.29, 1.82) is 0 Å². The minimum Gasteiger partial charge on any atom is -0.396 e. The van der Waals surface area contributed by atoms with Gasteiger partial charge in [-0.3, -0.25) is 4.90 Å². The van der Waals surface area contributed by atoms with Gasteiger partial charge in [0.05, 0.1) is 5.56 Å². The normalized spacial score (nSPS) is 18.9. The Kier molecular flexibility index (Phi) is 5.76. The Morgan fingerprint density at radius 2 is 1.83 bits per heavy atom. The maximum absolute atomic E-state index is 13.1.